The number of methoxy groups -OCH3 is 2. The van der Waals surface area contributed by atoms with Gasteiger partial charge in [-0.15, -0.1) is 0 Å². The zero-order chi connectivity index (χ0) is 23.7. The summed E-state index contributed by atoms with van der Waals surface area (Å²) in [5.74, 6) is -0.539. The first kappa shape index (κ1) is 22.7. The number of benzene rings is 2. The maximum atomic E-state index is 13.7. The first-order valence-corrected chi connectivity index (χ1v) is 11.2. The molecule has 0 saturated heterocycles. The standard InChI is InChI=1S/C26H30N2O5/c1-14(2)33-20-11-10-16(13-21(20)31-4)24-23-19(27-17-8-6-7-9-18(17)28-24)12-15(3)22(25(23)29)26(30)32-5/h6-11,13-15,22,24,27-28H,12H2,1-5H3/t15-,22-,24-/m0/s1. The van der Waals surface area contributed by atoms with Gasteiger partial charge in [-0.25, -0.2) is 0 Å². The van der Waals surface area contributed by atoms with Crippen LogP contribution in [0.5, 0.6) is 11.5 Å². The average molecular weight is 451 g/mol. The fraction of sp³-hybridized carbons (Fsp3) is 0.385. The van der Waals surface area contributed by atoms with E-state index in [1.165, 1.54) is 7.11 Å². The van der Waals surface area contributed by atoms with Crippen molar-refractivity contribution < 1.29 is 23.8 Å². The van der Waals surface area contributed by atoms with Crippen molar-refractivity contribution in [3.8, 4) is 11.5 Å². The van der Waals surface area contributed by atoms with Gasteiger partial charge in [0.05, 0.1) is 37.7 Å². The van der Waals surface area contributed by atoms with Crippen molar-refractivity contribution >= 4 is 23.1 Å². The summed E-state index contributed by atoms with van der Waals surface area (Å²) in [6, 6.07) is 13.0. The van der Waals surface area contributed by atoms with E-state index < -0.39 is 17.9 Å². The molecule has 2 aromatic carbocycles. The molecular formula is C26H30N2O5. The van der Waals surface area contributed by atoms with E-state index in [2.05, 4.69) is 10.6 Å². The molecular weight excluding hydrogens is 420 g/mol. The summed E-state index contributed by atoms with van der Waals surface area (Å²) in [5.41, 5.74) is 3.94. The highest BCUT2D eigenvalue weighted by atomic mass is 16.5. The molecule has 1 heterocycles. The zero-order valence-electron chi connectivity index (χ0n) is 19.6. The van der Waals surface area contributed by atoms with E-state index in [0.717, 1.165) is 22.6 Å². The quantitative estimate of drug-likeness (QED) is 0.504. The highest BCUT2D eigenvalue weighted by Gasteiger charge is 2.44. The maximum absolute atomic E-state index is 13.7. The topological polar surface area (TPSA) is 85.9 Å². The number of ether oxygens (including phenoxy) is 3. The van der Waals surface area contributed by atoms with Gasteiger partial charge < -0.3 is 24.8 Å². The van der Waals surface area contributed by atoms with Gasteiger partial charge >= 0.3 is 5.97 Å². The van der Waals surface area contributed by atoms with Gasteiger partial charge in [-0.3, -0.25) is 9.59 Å². The lowest BCUT2D eigenvalue weighted by atomic mass is 9.75. The Morgan fingerprint density at radius 3 is 2.45 bits per heavy atom. The normalized spacial score (nSPS) is 21.9. The summed E-state index contributed by atoms with van der Waals surface area (Å²) < 4.78 is 16.4. The Labute approximate surface area is 194 Å². The van der Waals surface area contributed by atoms with Gasteiger partial charge in [0.2, 0.25) is 0 Å². The van der Waals surface area contributed by atoms with Gasteiger partial charge in [-0.1, -0.05) is 25.1 Å². The van der Waals surface area contributed by atoms with Crippen LogP contribution in [0.25, 0.3) is 0 Å². The Balaban J connectivity index is 1.85. The van der Waals surface area contributed by atoms with Crippen molar-refractivity contribution in [3.05, 3.63) is 59.3 Å². The summed E-state index contributed by atoms with van der Waals surface area (Å²) in [5, 5.41) is 6.97. The molecule has 2 N–H and O–H groups in total. The van der Waals surface area contributed by atoms with Crippen molar-refractivity contribution in [1.82, 2.24) is 0 Å². The smallest absolute Gasteiger partial charge is 0.316 e. The third-order valence-electron chi connectivity index (χ3n) is 6.11. The molecule has 33 heavy (non-hydrogen) atoms. The molecule has 7 heteroatoms. The van der Waals surface area contributed by atoms with Crippen molar-refractivity contribution in [1.29, 1.82) is 0 Å². The molecule has 0 bridgehead atoms. The Kier molecular flexibility index (Phi) is 6.31. The van der Waals surface area contributed by atoms with Crippen molar-refractivity contribution in [2.75, 3.05) is 24.9 Å². The number of ketones is 1. The number of anilines is 2. The molecule has 3 atom stereocenters. The molecule has 0 aromatic heterocycles. The lowest BCUT2D eigenvalue weighted by molar-refractivity contribution is -0.151. The second kappa shape index (κ2) is 9.17. The van der Waals surface area contributed by atoms with E-state index in [-0.39, 0.29) is 17.8 Å². The molecule has 7 nitrogen and oxygen atoms in total. The molecule has 0 amide bonds. The van der Waals surface area contributed by atoms with Crippen LogP contribution < -0.4 is 20.1 Å². The Hall–Kier alpha value is -3.48. The molecule has 0 unspecified atom stereocenters. The number of allylic oxidation sites excluding steroid dienone is 1. The molecule has 0 radical (unpaired) electrons. The van der Waals surface area contributed by atoms with Gasteiger partial charge in [-0.05, 0) is 56.0 Å². The minimum Gasteiger partial charge on any atom is -0.493 e. The number of hydrogen-bond acceptors (Lipinski definition) is 7. The number of rotatable bonds is 5. The van der Waals surface area contributed by atoms with Crippen molar-refractivity contribution in [2.45, 2.75) is 39.3 Å². The molecule has 1 aliphatic heterocycles. The number of fused-ring (bicyclic) bond motifs is 1. The van der Waals surface area contributed by atoms with Gasteiger partial charge in [0.25, 0.3) is 0 Å². The molecule has 0 saturated carbocycles. The van der Waals surface area contributed by atoms with E-state index in [4.69, 9.17) is 14.2 Å². The first-order valence-electron chi connectivity index (χ1n) is 11.2. The van der Waals surface area contributed by atoms with Crippen LogP contribution >= 0.6 is 0 Å². The Morgan fingerprint density at radius 2 is 1.79 bits per heavy atom. The highest BCUT2D eigenvalue weighted by molar-refractivity contribution is 6.11. The van der Waals surface area contributed by atoms with E-state index in [9.17, 15) is 9.59 Å². The fourth-order valence-electron chi connectivity index (χ4n) is 4.60. The second-order valence-electron chi connectivity index (χ2n) is 8.76. The average Bonchev–Trinajstić information content (AvgIpc) is 2.95. The van der Waals surface area contributed by atoms with Gasteiger partial charge in [0.1, 0.15) is 5.92 Å². The summed E-state index contributed by atoms with van der Waals surface area (Å²) in [6.45, 7) is 5.81. The molecule has 0 fully saturated rings. The first-order chi connectivity index (χ1) is 15.8. The number of carbonyl (C=O) groups excluding carboxylic acids is 2. The summed E-state index contributed by atoms with van der Waals surface area (Å²) in [7, 11) is 2.91. The molecule has 174 valence electrons. The van der Waals surface area contributed by atoms with Gasteiger partial charge in [0.15, 0.2) is 17.3 Å². The number of nitrogens with one attached hydrogen (secondary N) is 2. The van der Waals surface area contributed by atoms with Crippen LogP contribution in [0.4, 0.5) is 11.4 Å². The minimum atomic E-state index is -0.841. The summed E-state index contributed by atoms with van der Waals surface area (Å²) >= 11 is 0. The van der Waals surface area contributed by atoms with Crippen molar-refractivity contribution in [3.63, 3.8) is 0 Å². The van der Waals surface area contributed by atoms with Gasteiger partial charge in [0, 0.05) is 11.3 Å². The van der Waals surface area contributed by atoms with E-state index in [0.29, 0.717) is 23.5 Å². The van der Waals surface area contributed by atoms with Gasteiger partial charge in [-0.2, -0.15) is 0 Å². The minimum absolute atomic E-state index is 0.00614. The third kappa shape index (κ3) is 4.27. The molecule has 4 rings (SSSR count). The lowest BCUT2D eigenvalue weighted by Crippen LogP contribution is -2.39. The number of para-hydroxylation sites is 2. The number of hydrogen-bond donors (Lipinski definition) is 2. The number of carbonyl (C=O) groups is 2. The Morgan fingerprint density at radius 1 is 1.06 bits per heavy atom. The predicted molar refractivity (Wildman–Crippen MR) is 127 cm³/mol. The molecule has 2 aliphatic rings. The summed E-state index contributed by atoms with van der Waals surface area (Å²) in [4.78, 5) is 26.2. The third-order valence-corrected chi connectivity index (χ3v) is 6.11. The van der Waals surface area contributed by atoms with E-state index in [1.54, 1.807) is 7.11 Å². The predicted octanol–water partition coefficient (Wildman–Crippen LogP) is 4.71. The van der Waals surface area contributed by atoms with Crippen LogP contribution in [-0.4, -0.2) is 32.1 Å². The van der Waals surface area contributed by atoms with E-state index in [1.807, 2.05) is 63.2 Å². The fourth-order valence-corrected chi connectivity index (χ4v) is 4.60. The highest BCUT2D eigenvalue weighted by Crippen LogP contribution is 2.45. The molecule has 0 spiro atoms. The van der Waals surface area contributed by atoms with Crippen LogP contribution in [0.3, 0.4) is 0 Å². The van der Waals surface area contributed by atoms with Crippen LogP contribution in [0, 0.1) is 11.8 Å². The molecule has 1 aliphatic carbocycles. The van der Waals surface area contributed by atoms with Crippen LogP contribution in [0.1, 0.15) is 38.8 Å². The van der Waals surface area contributed by atoms with Crippen LogP contribution in [-0.2, 0) is 14.3 Å². The molecule has 2 aromatic rings. The number of Topliss-reactive ketones (excluding diaryl/α,β-unsaturated/α-hetero) is 1. The van der Waals surface area contributed by atoms with E-state index >= 15 is 0 Å². The largest absolute Gasteiger partial charge is 0.493 e. The lowest BCUT2D eigenvalue weighted by Gasteiger charge is -2.32. The second-order valence-corrected chi connectivity index (χ2v) is 8.76. The summed E-state index contributed by atoms with van der Waals surface area (Å²) in [6.07, 6.45) is 0.548. The zero-order valence-corrected chi connectivity index (χ0v) is 19.6. The van der Waals surface area contributed by atoms with Crippen LogP contribution in [0.2, 0.25) is 0 Å². The maximum Gasteiger partial charge on any atom is 0.316 e. The number of esters is 1. The van der Waals surface area contributed by atoms with Crippen LogP contribution in [0.15, 0.2) is 53.7 Å². The monoisotopic (exact) mass is 450 g/mol. The SMILES string of the molecule is COC(=O)[C@@H]1C(=O)C2=C(C[C@@H]1C)Nc1ccccc1N[C@H]2c1ccc(OC(C)C)c(OC)c1. The van der Waals surface area contributed by atoms with Crippen molar-refractivity contribution in [2.24, 2.45) is 11.8 Å². The Bertz CT molecular complexity index is 1110.